The van der Waals surface area contributed by atoms with Crippen molar-refractivity contribution in [2.45, 2.75) is 62.3 Å². The average Bonchev–Trinajstić information content (AvgIpc) is 2.89. The molecule has 0 bridgehead atoms. The zero-order chi connectivity index (χ0) is 26.6. The minimum absolute atomic E-state index is 0.0389. The van der Waals surface area contributed by atoms with Crippen LogP contribution in [0.5, 0.6) is 0 Å². The van der Waals surface area contributed by atoms with Gasteiger partial charge in [-0.2, -0.15) is 0 Å². The molecule has 3 aromatic rings. The van der Waals surface area contributed by atoms with E-state index in [1.54, 1.807) is 24.3 Å². The number of carbonyl (C=O) groups excluding carboxylic acids is 1. The number of piperidine rings is 1. The summed E-state index contributed by atoms with van der Waals surface area (Å²) in [5.41, 5.74) is 4.67. The summed E-state index contributed by atoms with van der Waals surface area (Å²) >= 11 is 5.90. The Balaban J connectivity index is 1.38. The maximum absolute atomic E-state index is 12.9. The van der Waals surface area contributed by atoms with Crippen molar-refractivity contribution in [3.63, 3.8) is 0 Å². The summed E-state index contributed by atoms with van der Waals surface area (Å²) in [6.07, 6.45) is 3.08. The summed E-state index contributed by atoms with van der Waals surface area (Å²) in [4.78, 5) is 15.1. The molecule has 37 heavy (non-hydrogen) atoms. The molecule has 0 aromatic heterocycles. The number of amides is 1. The summed E-state index contributed by atoms with van der Waals surface area (Å²) in [5.74, 6) is 0.454. The van der Waals surface area contributed by atoms with Gasteiger partial charge in [-0.05, 0) is 103 Å². The van der Waals surface area contributed by atoms with Crippen LogP contribution in [-0.4, -0.2) is 32.3 Å². The number of nitrogens with one attached hydrogen (secondary N) is 1. The Labute approximate surface area is 225 Å². The molecule has 1 aliphatic heterocycles. The molecule has 3 aromatic carbocycles. The third-order valence-electron chi connectivity index (χ3n) is 7.11. The number of sulfone groups is 1. The predicted octanol–water partition coefficient (Wildman–Crippen LogP) is 6.71. The summed E-state index contributed by atoms with van der Waals surface area (Å²) < 4.78 is 25.8. The average molecular weight is 539 g/mol. The Morgan fingerprint density at radius 3 is 2.14 bits per heavy atom. The van der Waals surface area contributed by atoms with Gasteiger partial charge in [0.15, 0.2) is 0 Å². The number of rotatable bonds is 8. The fraction of sp³-hybridized carbons (Fsp3) is 0.367. The van der Waals surface area contributed by atoms with Crippen molar-refractivity contribution in [1.29, 1.82) is 0 Å². The molecular weight excluding hydrogens is 504 g/mol. The van der Waals surface area contributed by atoms with Gasteiger partial charge in [0.2, 0.25) is 15.7 Å². The quantitative estimate of drug-likeness (QED) is 0.346. The smallest absolute Gasteiger partial charge is 0.226 e. The highest BCUT2D eigenvalue weighted by Crippen LogP contribution is 2.33. The topological polar surface area (TPSA) is 66.5 Å². The lowest BCUT2D eigenvalue weighted by Crippen LogP contribution is -2.32. The lowest BCUT2D eigenvalue weighted by atomic mass is 9.85. The van der Waals surface area contributed by atoms with Crippen LogP contribution in [-0.2, 0) is 27.6 Å². The van der Waals surface area contributed by atoms with E-state index < -0.39 is 9.84 Å². The molecule has 4 rings (SSSR count). The number of hydrogen-bond donors (Lipinski definition) is 1. The Morgan fingerprint density at radius 1 is 0.973 bits per heavy atom. The van der Waals surface area contributed by atoms with E-state index in [0.717, 1.165) is 50.1 Å². The molecule has 0 radical (unpaired) electrons. The maximum atomic E-state index is 12.9. The molecule has 0 unspecified atom stereocenters. The summed E-state index contributed by atoms with van der Waals surface area (Å²) in [7, 11) is -3.56. The number of benzene rings is 3. The van der Waals surface area contributed by atoms with Gasteiger partial charge in [-0.15, -0.1) is 0 Å². The van der Waals surface area contributed by atoms with E-state index in [-0.39, 0.29) is 21.6 Å². The fourth-order valence-electron chi connectivity index (χ4n) is 4.85. The van der Waals surface area contributed by atoms with Crippen LogP contribution in [0.25, 0.3) is 0 Å². The van der Waals surface area contributed by atoms with E-state index in [1.165, 1.54) is 23.3 Å². The first kappa shape index (κ1) is 27.4. The molecule has 7 heteroatoms. The number of hydrogen-bond acceptors (Lipinski definition) is 4. The SMILES string of the molecule is CCc1ccc(NC(=O)C(C)C)cc1C1CCN(Cc2ccc(S(=O)(=O)c3ccc(Cl)cc3)cc2)CC1. The largest absolute Gasteiger partial charge is 0.326 e. The molecule has 0 spiro atoms. The molecule has 0 saturated carbocycles. The van der Waals surface area contributed by atoms with Crippen molar-refractivity contribution in [1.82, 2.24) is 4.90 Å². The van der Waals surface area contributed by atoms with Gasteiger partial charge in [-0.25, -0.2) is 8.42 Å². The van der Waals surface area contributed by atoms with Crippen LogP contribution in [0.15, 0.2) is 76.5 Å². The van der Waals surface area contributed by atoms with Crippen LogP contribution in [0.3, 0.4) is 0 Å². The number of likely N-dealkylation sites (tertiary alicyclic amines) is 1. The van der Waals surface area contributed by atoms with Crippen molar-refractivity contribution in [3.05, 3.63) is 88.4 Å². The molecular formula is C30H35ClN2O3S. The standard InChI is InChI=1S/C30H35ClN2O3S/c1-4-23-7-10-26(32-30(34)21(2)3)19-29(23)24-15-17-33(18-16-24)20-22-5-11-27(12-6-22)37(35,36)28-13-8-25(31)9-14-28/h5-14,19,21,24H,4,15-18,20H2,1-3H3,(H,32,34). The van der Waals surface area contributed by atoms with Crippen molar-refractivity contribution < 1.29 is 13.2 Å². The maximum Gasteiger partial charge on any atom is 0.226 e. The van der Waals surface area contributed by atoms with Crippen LogP contribution in [0.4, 0.5) is 5.69 Å². The second kappa shape index (κ2) is 11.8. The molecule has 1 fully saturated rings. The van der Waals surface area contributed by atoms with Crippen LogP contribution >= 0.6 is 11.6 Å². The summed E-state index contributed by atoms with van der Waals surface area (Å²) in [6, 6.07) is 19.8. The summed E-state index contributed by atoms with van der Waals surface area (Å²) in [6.45, 7) is 8.72. The molecule has 0 aliphatic carbocycles. The van der Waals surface area contributed by atoms with E-state index in [9.17, 15) is 13.2 Å². The first-order chi connectivity index (χ1) is 17.7. The lowest BCUT2D eigenvalue weighted by Gasteiger charge is -2.33. The van der Waals surface area contributed by atoms with Crippen LogP contribution in [0.2, 0.25) is 5.02 Å². The van der Waals surface area contributed by atoms with Crippen molar-refractivity contribution in [2.24, 2.45) is 5.92 Å². The minimum atomic E-state index is -3.56. The Morgan fingerprint density at radius 2 is 1.57 bits per heavy atom. The monoisotopic (exact) mass is 538 g/mol. The Kier molecular flexibility index (Phi) is 8.73. The first-order valence-electron chi connectivity index (χ1n) is 12.9. The molecule has 0 atom stereocenters. The fourth-order valence-corrected chi connectivity index (χ4v) is 6.23. The molecule has 1 heterocycles. The molecule has 196 valence electrons. The second-order valence-corrected chi connectivity index (χ2v) is 12.4. The normalized spacial score (nSPS) is 15.2. The lowest BCUT2D eigenvalue weighted by molar-refractivity contribution is -0.118. The molecule has 1 saturated heterocycles. The van der Waals surface area contributed by atoms with Gasteiger partial charge < -0.3 is 5.32 Å². The third kappa shape index (κ3) is 6.61. The van der Waals surface area contributed by atoms with Gasteiger partial charge in [0.1, 0.15) is 0 Å². The van der Waals surface area contributed by atoms with Gasteiger partial charge in [-0.1, -0.05) is 50.6 Å². The van der Waals surface area contributed by atoms with E-state index >= 15 is 0 Å². The number of halogens is 1. The zero-order valence-corrected chi connectivity index (χ0v) is 23.3. The highest BCUT2D eigenvalue weighted by molar-refractivity contribution is 7.91. The zero-order valence-electron chi connectivity index (χ0n) is 21.7. The molecule has 5 nitrogen and oxygen atoms in total. The summed E-state index contributed by atoms with van der Waals surface area (Å²) in [5, 5.41) is 3.55. The Hall–Kier alpha value is -2.67. The van der Waals surface area contributed by atoms with Crippen molar-refractivity contribution in [3.8, 4) is 0 Å². The van der Waals surface area contributed by atoms with Crippen LogP contribution < -0.4 is 5.32 Å². The Bertz CT molecular complexity index is 1330. The van der Waals surface area contributed by atoms with E-state index in [4.69, 9.17) is 11.6 Å². The number of aryl methyl sites for hydroxylation is 1. The highest BCUT2D eigenvalue weighted by atomic mass is 35.5. The van der Waals surface area contributed by atoms with Gasteiger partial charge >= 0.3 is 0 Å². The second-order valence-electron chi connectivity index (χ2n) is 10.1. The highest BCUT2D eigenvalue weighted by Gasteiger charge is 2.23. The number of anilines is 1. The van der Waals surface area contributed by atoms with Gasteiger partial charge in [0.25, 0.3) is 0 Å². The third-order valence-corrected chi connectivity index (χ3v) is 9.15. The van der Waals surface area contributed by atoms with Crippen LogP contribution in [0, 0.1) is 5.92 Å². The predicted molar refractivity (Wildman–Crippen MR) is 150 cm³/mol. The molecule has 1 amide bonds. The van der Waals surface area contributed by atoms with Gasteiger partial charge in [0, 0.05) is 23.2 Å². The van der Waals surface area contributed by atoms with Crippen molar-refractivity contribution in [2.75, 3.05) is 18.4 Å². The number of carbonyl (C=O) groups is 1. The number of nitrogens with zero attached hydrogens (tertiary/aromatic N) is 1. The van der Waals surface area contributed by atoms with E-state index in [0.29, 0.717) is 10.9 Å². The van der Waals surface area contributed by atoms with E-state index in [2.05, 4.69) is 29.3 Å². The van der Waals surface area contributed by atoms with Gasteiger partial charge in [0.05, 0.1) is 9.79 Å². The van der Waals surface area contributed by atoms with E-state index in [1.807, 2.05) is 32.0 Å². The van der Waals surface area contributed by atoms with Crippen LogP contribution in [0.1, 0.15) is 56.2 Å². The first-order valence-corrected chi connectivity index (χ1v) is 14.8. The van der Waals surface area contributed by atoms with Gasteiger partial charge in [-0.3, -0.25) is 9.69 Å². The molecule has 1 N–H and O–H groups in total. The minimum Gasteiger partial charge on any atom is -0.326 e. The van der Waals surface area contributed by atoms with Crippen molar-refractivity contribution >= 4 is 33.0 Å². The molecule has 1 aliphatic rings.